The number of hydrogen-bond acceptors (Lipinski definition) is 4. The topological polar surface area (TPSA) is 65.2 Å². The molecule has 43 heavy (non-hydrogen) atoms. The van der Waals surface area contributed by atoms with Crippen LogP contribution in [-0.4, -0.2) is 34.7 Å². The van der Waals surface area contributed by atoms with Crippen molar-refractivity contribution in [3.05, 3.63) is 106 Å². The first-order valence-corrected chi connectivity index (χ1v) is 20.9. The van der Waals surface area contributed by atoms with Crippen LogP contribution in [0.25, 0.3) is 22.3 Å². The van der Waals surface area contributed by atoms with Crippen molar-refractivity contribution in [2.24, 2.45) is 9.98 Å². The fourth-order valence-electron chi connectivity index (χ4n) is 5.76. The Morgan fingerprint density at radius 2 is 1.00 bits per heavy atom. The van der Waals surface area contributed by atoms with Gasteiger partial charge in [0.25, 0.3) is 0 Å². The van der Waals surface area contributed by atoms with Crippen LogP contribution in [0.1, 0.15) is 59.1 Å². The standard InChI is InChI=1S/C36H38N2O2.2ClH.Zr/c1-23-17-27(35(39)31(19-23)29-13-7-5-11-25(29)3)21-37-33-15-9-10-16-34(33)38-22-28-18-24(2)20-32(36(28)40)30-14-8-6-12-26(30)4;;;/h5-8,11-14,17-22,33-34,39-40H,9-10,15-16H2,1-4H3;2*1H;/q;;;+2/p-2/t33-,34-;;;/m1.../s1. The summed E-state index contributed by atoms with van der Waals surface area (Å²) in [5.74, 6) is 0.515. The van der Waals surface area contributed by atoms with E-state index >= 15 is 0 Å². The third-order valence-electron chi connectivity index (χ3n) is 7.94. The molecule has 2 atom stereocenters. The number of phenolic OH excluding ortho intramolecular Hbond substituents is 2. The van der Waals surface area contributed by atoms with Gasteiger partial charge in [0.05, 0.1) is 12.1 Å². The van der Waals surface area contributed by atoms with Crippen molar-refractivity contribution in [3.8, 4) is 33.8 Å². The molecule has 4 aromatic rings. The van der Waals surface area contributed by atoms with Crippen molar-refractivity contribution < 1.29 is 31.1 Å². The molecule has 5 rings (SSSR count). The second-order valence-corrected chi connectivity index (χ2v) is 14.9. The van der Waals surface area contributed by atoms with Crippen molar-refractivity contribution in [1.82, 2.24) is 0 Å². The molecule has 1 aliphatic rings. The number of aryl methyl sites for hydroxylation is 4. The van der Waals surface area contributed by atoms with Crippen LogP contribution in [0.3, 0.4) is 0 Å². The van der Waals surface area contributed by atoms with Crippen LogP contribution >= 0.6 is 17.0 Å². The minimum absolute atomic E-state index is 0.0228. The Bertz CT molecular complexity index is 1500. The summed E-state index contributed by atoms with van der Waals surface area (Å²) in [6.45, 7) is 8.22. The fraction of sp³-hybridized carbons (Fsp3) is 0.278. The van der Waals surface area contributed by atoms with Crippen LogP contribution in [0.2, 0.25) is 0 Å². The molecule has 4 nitrogen and oxygen atoms in total. The number of phenols is 2. The van der Waals surface area contributed by atoms with Gasteiger partial charge in [-0.05, 0) is 98.2 Å². The van der Waals surface area contributed by atoms with E-state index in [2.05, 4.69) is 26.0 Å². The Morgan fingerprint density at radius 3 is 1.37 bits per heavy atom. The second-order valence-electron chi connectivity index (χ2n) is 11.2. The predicted octanol–water partition coefficient (Wildman–Crippen LogP) is 9.89. The molecular weight excluding hydrogens is 655 g/mol. The molecule has 0 unspecified atom stereocenters. The van der Waals surface area contributed by atoms with Gasteiger partial charge in [0.2, 0.25) is 0 Å². The quantitative estimate of drug-likeness (QED) is 0.198. The zero-order valence-corrected chi connectivity index (χ0v) is 29.1. The summed E-state index contributed by atoms with van der Waals surface area (Å²) in [7, 11) is 9.87. The second kappa shape index (κ2) is 15.8. The van der Waals surface area contributed by atoms with Gasteiger partial charge in [0.15, 0.2) is 0 Å². The van der Waals surface area contributed by atoms with E-state index in [0.29, 0.717) is 0 Å². The zero-order valence-electron chi connectivity index (χ0n) is 25.1. The molecule has 1 aliphatic carbocycles. The minimum atomic E-state index is -0.826. The number of aliphatic imine (C=N–C) groups is 2. The molecule has 0 spiro atoms. The number of rotatable bonds is 6. The molecule has 0 saturated heterocycles. The Morgan fingerprint density at radius 1 is 0.628 bits per heavy atom. The van der Waals surface area contributed by atoms with E-state index in [9.17, 15) is 10.2 Å². The Balaban J connectivity index is 0.00000135. The van der Waals surface area contributed by atoms with Crippen molar-refractivity contribution in [3.63, 3.8) is 0 Å². The molecule has 0 aliphatic heterocycles. The number of hydrogen-bond donors (Lipinski definition) is 2. The van der Waals surface area contributed by atoms with Gasteiger partial charge < -0.3 is 10.2 Å². The molecule has 0 bridgehead atoms. The van der Waals surface area contributed by atoms with Gasteiger partial charge in [-0.2, -0.15) is 0 Å². The summed E-state index contributed by atoms with van der Waals surface area (Å²) in [5.41, 5.74) is 9.58. The van der Waals surface area contributed by atoms with Gasteiger partial charge in [-0.15, -0.1) is 0 Å². The van der Waals surface area contributed by atoms with E-state index in [0.717, 1.165) is 81.3 Å². The third kappa shape index (κ3) is 8.47. The predicted molar refractivity (Wildman–Crippen MR) is 179 cm³/mol. The zero-order chi connectivity index (χ0) is 30.9. The van der Waals surface area contributed by atoms with E-state index < -0.39 is 20.8 Å². The maximum atomic E-state index is 11.2. The first-order chi connectivity index (χ1) is 20.7. The third-order valence-corrected chi connectivity index (χ3v) is 7.94. The molecule has 0 heterocycles. The summed E-state index contributed by atoms with van der Waals surface area (Å²) < 4.78 is 0. The number of halogens is 2. The average molecular weight is 693 g/mol. The number of nitrogens with zero attached hydrogens (tertiary/aromatic N) is 2. The summed E-state index contributed by atoms with van der Waals surface area (Å²) in [4.78, 5) is 9.92. The number of aromatic hydroxyl groups is 2. The summed E-state index contributed by atoms with van der Waals surface area (Å²) in [6, 6.07) is 24.3. The Kier molecular flexibility index (Phi) is 12.2. The fourth-order valence-corrected chi connectivity index (χ4v) is 5.76. The van der Waals surface area contributed by atoms with Gasteiger partial charge in [-0.3, -0.25) is 9.98 Å². The summed E-state index contributed by atoms with van der Waals surface area (Å²) >= 11 is -0.826. The molecule has 2 N–H and O–H groups in total. The summed E-state index contributed by atoms with van der Waals surface area (Å²) in [5, 5.41) is 22.4. The molecular formula is C36H38Cl2N2O2Zr. The van der Waals surface area contributed by atoms with Crippen molar-refractivity contribution in [1.29, 1.82) is 0 Å². The Labute approximate surface area is 274 Å². The van der Waals surface area contributed by atoms with Crippen LogP contribution in [0, 0.1) is 27.7 Å². The van der Waals surface area contributed by atoms with Gasteiger partial charge in [-0.25, -0.2) is 0 Å². The molecule has 4 aromatic carbocycles. The van der Waals surface area contributed by atoms with Gasteiger partial charge >= 0.3 is 37.9 Å². The van der Waals surface area contributed by atoms with Crippen LogP contribution in [0.5, 0.6) is 11.5 Å². The van der Waals surface area contributed by atoms with Crippen LogP contribution in [-0.2, 0) is 20.8 Å². The summed E-state index contributed by atoms with van der Waals surface area (Å²) in [6.07, 6.45) is 7.75. The Hall–Kier alpha value is -2.72. The average Bonchev–Trinajstić information content (AvgIpc) is 2.99. The van der Waals surface area contributed by atoms with Gasteiger partial charge in [0.1, 0.15) is 11.5 Å². The van der Waals surface area contributed by atoms with E-state index in [-0.39, 0.29) is 23.6 Å². The molecule has 222 valence electrons. The van der Waals surface area contributed by atoms with Crippen LogP contribution < -0.4 is 0 Å². The first-order valence-electron chi connectivity index (χ1n) is 14.5. The van der Waals surface area contributed by atoms with E-state index in [4.69, 9.17) is 27.0 Å². The van der Waals surface area contributed by atoms with Crippen molar-refractivity contribution in [2.75, 3.05) is 0 Å². The van der Waals surface area contributed by atoms with Crippen LogP contribution in [0.15, 0.2) is 82.8 Å². The van der Waals surface area contributed by atoms with E-state index in [1.54, 1.807) is 0 Å². The monoisotopic (exact) mass is 690 g/mol. The first kappa shape index (κ1) is 33.2. The molecule has 1 saturated carbocycles. The van der Waals surface area contributed by atoms with Gasteiger partial charge in [0, 0.05) is 34.7 Å². The van der Waals surface area contributed by atoms with E-state index in [1.165, 1.54) is 0 Å². The number of benzene rings is 4. The maximum absolute atomic E-state index is 11.2. The molecule has 1 fully saturated rings. The normalized spacial score (nSPS) is 16.7. The molecule has 0 radical (unpaired) electrons. The molecule has 0 amide bonds. The van der Waals surface area contributed by atoms with Crippen molar-refractivity contribution in [2.45, 2.75) is 65.5 Å². The molecule has 7 heteroatoms. The molecule has 0 aromatic heterocycles. The van der Waals surface area contributed by atoms with Crippen molar-refractivity contribution >= 4 is 29.5 Å². The van der Waals surface area contributed by atoms with Crippen LogP contribution in [0.4, 0.5) is 0 Å². The SMILES string of the molecule is Cc1cc(C=N[C@@H]2CCCC[C@H]2N=Cc2cc(C)cc(-c3ccccc3C)c2O)c(O)c(-c2ccccc2C)c1.[Cl][Zr][Cl]. The van der Waals surface area contributed by atoms with E-state index in [1.807, 2.05) is 86.9 Å². The van der Waals surface area contributed by atoms with Gasteiger partial charge in [-0.1, -0.05) is 61.4 Å².